The molecule has 1 aromatic carbocycles. The maximum Gasteiger partial charge on any atom is 0.0189 e. The largest absolute Gasteiger partial charge is 0.316 e. The molecule has 1 saturated heterocycles. The Morgan fingerprint density at radius 2 is 1.93 bits per heavy atom. The highest BCUT2D eigenvalue weighted by Gasteiger charge is 2.16. The molecule has 0 atom stereocenters. The molecule has 1 aromatic rings. The molecule has 0 aromatic heterocycles. The summed E-state index contributed by atoms with van der Waals surface area (Å²) in [6, 6.07) is 6.58. The zero-order valence-corrected chi connectivity index (χ0v) is 10.4. The van der Waals surface area contributed by atoms with Crippen molar-refractivity contribution in [1.82, 2.24) is 5.32 Å². The molecule has 1 N–H and O–H groups in total. The zero-order valence-electron chi connectivity index (χ0n) is 9.55. The van der Waals surface area contributed by atoms with Gasteiger partial charge in [-0.05, 0) is 55.3 Å². The third-order valence-electron chi connectivity index (χ3n) is 3.11. The molecule has 0 bridgehead atoms. The molecule has 1 aliphatic heterocycles. The van der Waals surface area contributed by atoms with Crippen molar-refractivity contribution >= 4 is 11.8 Å². The highest BCUT2D eigenvalue weighted by Crippen LogP contribution is 2.22. The summed E-state index contributed by atoms with van der Waals surface area (Å²) in [4.78, 5) is 0. The predicted molar refractivity (Wildman–Crippen MR) is 68.4 cm³/mol. The Labute approximate surface area is 96.7 Å². The van der Waals surface area contributed by atoms with Gasteiger partial charge in [0.2, 0.25) is 0 Å². The van der Waals surface area contributed by atoms with Crippen molar-refractivity contribution in [3.63, 3.8) is 0 Å². The van der Waals surface area contributed by atoms with Gasteiger partial charge in [0.15, 0.2) is 0 Å². The van der Waals surface area contributed by atoms with Crippen molar-refractivity contribution < 1.29 is 0 Å². The van der Waals surface area contributed by atoms with Gasteiger partial charge in [-0.3, -0.25) is 0 Å². The lowest BCUT2D eigenvalue weighted by Crippen LogP contribution is -2.43. The molecule has 0 radical (unpaired) electrons. The average Bonchev–Trinajstić information content (AvgIpc) is 2.13. The molecule has 15 heavy (non-hydrogen) atoms. The third kappa shape index (κ3) is 2.76. The van der Waals surface area contributed by atoms with Gasteiger partial charge in [0.1, 0.15) is 0 Å². The van der Waals surface area contributed by atoms with E-state index in [9.17, 15) is 0 Å². The molecule has 0 spiro atoms. The highest BCUT2D eigenvalue weighted by atomic mass is 32.2. The average molecular weight is 221 g/mol. The van der Waals surface area contributed by atoms with E-state index in [1.54, 1.807) is 0 Å². The molecule has 2 rings (SSSR count). The number of aryl methyl sites for hydroxylation is 2. The minimum absolute atomic E-state index is 0.916. The molecule has 1 fully saturated rings. The molecule has 2 heteroatoms. The second kappa shape index (κ2) is 5.04. The zero-order chi connectivity index (χ0) is 10.7. The van der Waals surface area contributed by atoms with Gasteiger partial charge in [-0.1, -0.05) is 18.2 Å². The summed E-state index contributed by atoms with van der Waals surface area (Å²) < 4.78 is 0. The SMILES string of the molecule is Cc1cccc(C)c1CSCC1CNC1. The van der Waals surface area contributed by atoms with E-state index in [0.29, 0.717) is 0 Å². The summed E-state index contributed by atoms with van der Waals surface area (Å²) in [5, 5.41) is 3.32. The third-order valence-corrected chi connectivity index (χ3v) is 4.31. The van der Waals surface area contributed by atoms with Crippen molar-refractivity contribution in [1.29, 1.82) is 0 Å². The van der Waals surface area contributed by atoms with Crippen molar-refractivity contribution in [2.45, 2.75) is 19.6 Å². The van der Waals surface area contributed by atoms with E-state index < -0.39 is 0 Å². The van der Waals surface area contributed by atoms with Crippen LogP contribution in [0.15, 0.2) is 18.2 Å². The van der Waals surface area contributed by atoms with Gasteiger partial charge < -0.3 is 5.32 Å². The maximum atomic E-state index is 3.32. The van der Waals surface area contributed by atoms with Crippen molar-refractivity contribution in [3.05, 3.63) is 34.9 Å². The number of thioether (sulfide) groups is 1. The Morgan fingerprint density at radius 1 is 1.27 bits per heavy atom. The summed E-state index contributed by atoms with van der Waals surface area (Å²) in [6.45, 7) is 6.88. The van der Waals surface area contributed by atoms with Gasteiger partial charge in [-0.2, -0.15) is 11.8 Å². The topological polar surface area (TPSA) is 12.0 Å². The van der Waals surface area contributed by atoms with Gasteiger partial charge in [-0.25, -0.2) is 0 Å². The fourth-order valence-electron chi connectivity index (χ4n) is 1.87. The molecule has 1 heterocycles. The van der Waals surface area contributed by atoms with Gasteiger partial charge in [0, 0.05) is 5.75 Å². The lowest BCUT2D eigenvalue weighted by atomic mass is 10.1. The van der Waals surface area contributed by atoms with Crippen LogP contribution in [0.4, 0.5) is 0 Å². The van der Waals surface area contributed by atoms with E-state index in [1.165, 1.54) is 41.3 Å². The number of nitrogens with one attached hydrogen (secondary N) is 1. The Kier molecular flexibility index (Phi) is 3.71. The van der Waals surface area contributed by atoms with Crippen LogP contribution in [0.2, 0.25) is 0 Å². The van der Waals surface area contributed by atoms with Crippen LogP contribution in [0.5, 0.6) is 0 Å². The fourth-order valence-corrected chi connectivity index (χ4v) is 3.22. The number of benzene rings is 1. The monoisotopic (exact) mass is 221 g/mol. The standard InChI is InChI=1S/C13H19NS/c1-10-4-3-5-11(2)13(10)9-15-8-12-6-14-7-12/h3-5,12,14H,6-9H2,1-2H3. The molecule has 0 aliphatic carbocycles. The maximum absolute atomic E-state index is 3.32. The van der Waals surface area contributed by atoms with Crippen molar-refractivity contribution in [2.75, 3.05) is 18.8 Å². The smallest absolute Gasteiger partial charge is 0.0189 e. The molecule has 0 amide bonds. The van der Waals surface area contributed by atoms with Crippen LogP contribution in [-0.2, 0) is 5.75 Å². The normalized spacial score (nSPS) is 16.4. The van der Waals surface area contributed by atoms with Gasteiger partial charge in [0.05, 0.1) is 0 Å². The van der Waals surface area contributed by atoms with Crippen LogP contribution < -0.4 is 5.32 Å². The number of hydrogen-bond acceptors (Lipinski definition) is 2. The van der Waals surface area contributed by atoms with Gasteiger partial charge in [-0.15, -0.1) is 0 Å². The van der Waals surface area contributed by atoms with E-state index in [1.807, 2.05) is 0 Å². The Morgan fingerprint density at radius 3 is 2.47 bits per heavy atom. The Hall–Kier alpha value is -0.470. The van der Waals surface area contributed by atoms with Crippen molar-refractivity contribution in [3.8, 4) is 0 Å². The highest BCUT2D eigenvalue weighted by molar-refractivity contribution is 7.98. The Bertz CT molecular complexity index is 311. The van der Waals surface area contributed by atoms with Crippen LogP contribution in [0, 0.1) is 19.8 Å². The first-order valence-electron chi connectivity index (χ1n) is 5.61. The second-order valence-corrected chi connectivity index (χ2v) is 5.44. The lowest BCUT2D eigenvalue weighted by molar-refractivity contribution is 0.385. The summed E-state index contributed by atoms with van der Waals surface area (Å²) in [6.07, 6.45) is 0. The van der Waals surface area contributed by atoms with Crippen LogP contribution in [0.3, 0.4) is 0 Å². The van der Waals surface area contributed by atoms with Crippen LogP contribution in [0.1, 0.15) is 16.7 Å². The molecule has 1 aliphatic rings. The lowest BCUT2D eigenvalue weighted by Gasteiger charge is -2.26. The summed E-state index contributed by atoms with van der Waals surface area (Å²) in [5.41, 5.74) is 4.42. The van der Waals surface area contributed by atoms with Crippen LogP contribution in [-0.4, -0.2) is 18.8 Å². The predicted octanol–water partition coefficient (Wildman–Crippen LogP) is 2.76. The second-order valence-electron chi connectivity index (χ2n) is 4.41. The van der Waals surface area contributed by atoms with E-state index in [-0.39, 0.29) is 0 Å². The minimum atomic E-state index is 0.916. The van der Waals surface area contributed by atoms with Crippen LogP contribution >= 0.6 is 11.8 Å². The molecular weight excluding hydrogens is 202 g/mol. The molecule has 0 unspecified atom stereocenters. The summed E-state index contributed by atoms with van der Waals surface area (Å²) >= 11 is 2.08. The first kappa shape index (κ1) is 11.0. The van der Waals surface area contributed by atoms with Crippen molar-refractivity contribution in [2.24, 2.45) is 5.92 Å². The molecular formula is C13H19NS. The van der Waals surface area contributed by atoms with E-state index in [4.69, 9.17) is 0 Å². The molecule has 1 nitrogen and oxygen atoms in total. The first-order valence-corrected chi connectivity index (χ1v) is 6.76. The number of rotatable bonds is 4. The van der Waals surface area contributed by atoms with Gasteiger partial charge in [0.25, 0.3) is 0 Å². The van der Waals surface area contributed by atoms with E-state index in [2.05, 4.69) is 49.1 Å². The molecule has 82 valence electrons. The first-order chi connectivity index (χ1) is 7.27. The summed E-state index contributed by atoms with van der Waals surface area (Å²) in [7, 11) is 0. The quantitative estimate of drug-likeness (QED) is 0.839. The summed E-state index contributed by atoms with van der Waals surface area (Å²) in [5.74, 6) is 3.40. The minimum Gasteiger partial charge on any atom is -0.316 e. The van der Waals surface area contributed by atoms with E-state index in [0.717, 1.165) is 5.92 Å². The van der Waals surface area contributed by atoms with Gasteiger partial charge >= 0.3 is 0 Å². The van der Waals surface area contributed by atoms with E-state index >= 15 is 0 Å². The van der Waals surface area contributed by atoms with Crippen LogP contribution in [0.25, 0.3) is 0 Å². The Balaban J connectivity index is 1.86. The fraction of sp³-hybridized carbons (Fsp3) is 0.538. The molecule has 0 saturated carbocycles. The number of hydrogen-bond donors (Lipinski definition) is 1.